The van der Waals surface area contributed by atoms with Crippen molar-refractivity contribution < 1.29 is 35.9 Å². The Morgan fingerprint density at radius 3 is 2.46 bits per heavy atom. The molecule has 0 bridgehead atoms. The Hall–Kier alpha value is -2.97. The highest BCUT2D eigenvalue weighted by Gasteiger charge is 2.42. The summed E-state index contributed by atoms with van der Waals surface area (Å²) >= 11 is 0. The van der Waals surface area contributed by atoms with E-state index in [1.54, 1.807) is 0 Å². The first-order valence-corrected chi connectivity index (χ1v) is 11.7. The molecule has 4 rings (SSSR count). The third kappa shape index (κ3) is 5.80. The maximum absolute atomic E-state index is 13.9. The molecule has 0 saturated carbocycles. The topological polar surface area (TPSA) is 110 Å². The van der Waals surface area contributed by atoms with Crippen LogP contribution in [0.25, 0.3) is 0 Å². The maximum Gasteiger partial charge on any atom is 0.449 e. The van der Waals surface area contributed by atoms with Gasteiger partial charge in [0.2, 0.25) is 5.82 Å². The summed E-state index contributed by atoms with van der Waals surface area (Å²) in [6.07, 6.45) is -3.87. The highest BCUT2D eigenvalue weighted by Crippen LogP contribution is 2.33. The molecule has 0 spiro atoms. The SMILES string of the molecule is NC1CCCN(C(=O)c2nc(C(F)(F)F)n3c2CN(CC(=O)[C@H](N)Cc2cc(F)c(F)cc2F)CC3)C1. The monoisotopic (exact) mass is 532 g/mol. The second-order valence-electron chi connectivity index (χ2n) is 9.38. The highest BCUT2D eigenvalue weighted by molar-refractivity contribution is 5.94. The van der Waals surface area contributed by atoms with Gasteiger partial charge < -0.3 is 20.9 Å². The molecule has 1 aromatic carbocycles. The number of amides is 1. The largest absolute Gasteiger partial charge is 0.449 e. The summed E-state index contributed by atoms with van der Waals surface area (Å²) in [5.41, 5.74) is 11.2. The lowest BCUT2D eigenvalue weighted by Crippen LogP contribution is -2.47. The van der Waals surface area contributed by atoms with E-state index in [0.717, 1.165) is 4.57 Å². The van der Waals surface area contributed by atoms with E-state index in [9.17, 15) is 35.9 Å². The number of ketones is 1. The number of nitrogens with zero attached hydrogens (tertiary/aromatic N) is 4. The number of benzene rings is 1. The first-order valence-electron chi connectivity index (χ1n) is 11.7. The number of hydrogen-bond acceptors (Lipinski definition) is 6. The summed E-state index contributed by atoms with van der Waals surface area (Å²) in [6, 6.07) is -0.568. The number of rotatable bonds is 6. The molecule has 1 unspecified atom stereocenters. The minimum Gasteiger partial charge on any atom is -0.336 e. The molecule has 2 aliphatic heterocycles. The average molecular weight is 532 g/mol. The van der Waals surface area contributed by atoms with Gasteiger partial charge in [-0.2, -0.15) is 13.2 Å². The molecule has 2 aromatic rings. The van der Waals surface area contributed by atoms with Crippen molar-refractivity contribution >= 4 is 11.7 Å². The van der Waals surface area contributed by atoms with Gasteiger partial charge in [-0.25, -0.2) is 18.2 Å². The normalized spacial score (nSPS) is 19.6. The van der Waals surface area contributed by atoms with Gasteiger partial charge in [-0.3, -0.25) is 14.5 Å². The van der Waals surface area contributed by atoms with Crippen LogP contribution in [0.3, 0.4) is 0 Å². The summed E-state index contributed by atoms with van der Waals surface area (Å²) < 4.78 is 82.5. The van der Waals surface area contributed by atoms with Crippen molar-refractivity contribution in [1.82, 2.24) is 19.4 Å². The van der Waals surface area contributed by atoms with Crippen LogP contribution in [0.4, 0.5) is 26.3 Å². The van der Waals surface area contributed by atoms with E-state index in [4.69, 9.17) is 11.5 Å². The van der Waals surface area contributed by atoms with Gasteiger partial charge in [-0.05, 0) is 30.9 Å². The van der Waals surface area contributed by atoms with Crippen molar-refractivity contribution in [2.24, 2.45) is 11.5 Å². The second-order valence-corrected chi connectivity index (χ2v) is 9.38. The molecule has 4 N–H and O–H groups in total. The molecule has 202 valence electrons. The lowest BCUT2D eigenvalue weighted by atomic mass is 10.0. The van der Waals surface area contributed by atoms with Crippen LogP contribution in [0.2, 0.25) is 0 Å². The van der Waals surface area contributed by atoms with E-state index < -0.39 is 53.6 Å². The Morgan fingerprint density at radius 1 is 1.08 bits per heavy atom. The molecule has 0 aliphatic carbocycles. The number of halogens is 6. The number of carbonyl (C=O) groups excluding carboxylic acids is 2. The van der Waals surface area contributed by atoms with Crippen LogP contribution in [0, 0.1) is 17.5 Å². The molecule has 0 radical (unpaired) electrons. The zero-order valence-corrected chi connectivity index (χ0v) is 19.7. The predicted octanol–water partition coefficient (Wildman–Crippen LogP) is 1.84. The van der Waals surface area contributed by atoms with Crippen LogP contribution in [0.5, 0.6) is 0 Å². The number of piperidine rings is 1. The lowest BCUT2D eigenvalue weighted by Gasteiger charge is -2.32. The van der Waals surface area contributed by atoms with Crippen LogP contribution in [0.15, 0.2) is 12.1 Å². The number of carbonyl (C=O) groups is 2. The van der Waals surface area contributed by atoms with Crippen LogP contribution < -0.4 is 11.5 Å². The standard InChI is InChI=1S/C23H26F6N6O2/c24-14-8-16(26)15(25)6-12(14)7-17(31)19(36)11-33-4-5-35-18(10-33)20(32-22(35)23(27,28)29)21(37)34-3-1-2-13(30)9-34/h6,8,13,17H,1-5,7,9-11,30-31H2/t13?,17-/m1/s1. The molecule has 3 heterocycles. The Bertz CT molecular complexity index is 1200. The van der Waals surface area contributed by atoms with Crippen molar-refractivity contribution in [1.29, 1.82) is 0 Å². The Morgan fingerprint density at radius 2 is 1.78 bits per heavy atom. The summed E-state index contributed by atoms with van der Waals surface area (Å²) in [7, 11) is 0. The van der Waals surface area contributed by atoms with Gasteiger partial charge in [0, 0.05) is 44.8 Å². The van der Waals surface area contributed by atoms with Gasteiger partial charge in [-0.15, -0.1) is 0 Å². The smallest absolute Gasteiger partial charge is 0.336 e. The van der Waals surface area contributed by atoms with Crippen molar-refractivity contribution in [3.8, 4) is 0 Å². The molecule has 2 aliphatic rings. The molecule has 1 saturated heterocycles. The molecule has 1 fully saturated rings. The molecule has 1 aromatic heterocycles. The first kappa shape index (κ1) is 27.1. The molecule has 8 nitrogen and oxygen atoms in total. The van der Waals surface area contributed by atoms with Crippen molar-refractivity contribution in [3.05, 3.63) is 52.4 Å². The van der Waals surface area contributed by atoms with Crippen LogP contribution >= 0.6 is 0 Å². The van der Waals surface area contributed by atoms with Crippen LogP contribution in [-0.4, -0.2) is 69.3 Å². The third-order valence-electron chi connectivity index (χ3n) is 6.61. The summed E-state index contributed by atoms with van der Waals surface area (Å²) in [5.74, 6) is -6.14. The Kier molecular flexibility index (Phi) is 7.62. The second kappa shape index (κ2) is 10.4. The number of hydrogen-bond donors (Lipinski definition) is 2. The number of likely N-dealkylation sites (tertiary alicyclic amines) is 1. The predicted molar refractivity (Wildman–Crippen MR) is 119 cm³/mol. The van der Waals surface area contributed by atoms with E-state index in [0.29, 0.717) is 31.5 Å². The highest BCUT2D eigenvalue weighted by atomic mass is 19.4. The Labute approximate surface area is 208 Å². The molecular weight excluding hydrogens is 506 g/mol. The Balaban J connectivity index is 1.51. The van der Waals surface area contributed by atoms with Crippen molar-refractivity contribution in [3.63, 3.8) is 0 Å². The van der Waals surface area contributed by atoms with Crippen molar-refractivity contribution in [2.45, 2.75) is 50.6 Å². The number of fused-ring (bicyclic) bond motifs is 1. The summed E-state index contributed by atoms with van der Waals surface area (Å²) in [5, 5.41) is 0. The summed E-state index contributed by atoms with van der Waals surface area (Å²) in [6.45, 7) is -0.0813. The van der Waals surface area contributed by atoms with Gasteiger partial charge in [0.25, 0.3) is 5.91 Å². The number of alkyl halides is 3. The van der Waals surface area contributed by atoms with Gasteiger partial charge in [-0.1, -0.05) is 0 Å². The van der Waals surface area contributed by atoms with E-state index in [-0.39, 0.29) is 55.7 Å². The zero-order chi connectivity index (χ0) is 27.1. The number of Topliss-reactive ketones (excluding diaryl/α,β-unsaturated/α-hetero) is 1. The van der Waals surface area contributed by atoms with E-state index in [2.05, 4.69) is 4.98 Å². The van der Waals surface area contributed by atoms with Crippen molar-refractivity contribution in [2.75, 3.05) is 26.2 Å². The van der Waals surface area contributed by atoms with Crippen LogP contribution in [0.1, 0.15) is 40.4 Å². The minimum absolute atomic E-state index is 0.0238. The zero-order valence-electron chi connectivity index (χ0n) is 19.7. The fraction of sp³-hybridized carbons (Fsp3) is 0.522. The van der Waals surface area contributed by atoms with Gasteiger partial charge >= 0.3 is 6.18 Å². The maximum atomic E-state index is 13.9. The molecule has 37 heavy (non-hydrogen) atoms. The lowest BCUT2D eigenvalue weighted by molar-refractivity contribution is -0.148. The van der Waals surface area contributed by atoms with Gasteiger partial charge in [0.05, 0.1) is 18.3 Å². The van der Waals surface area contributed by atoms with Crippen LogP contribution in [-0.2, 0) is 30.5 Å². The number of imidazole rings is 1. The molecular formula is C23H26F6N6O2. The minimum atomic E-state index is -4.79. The fourth-order valence-electron chi connectivity index (χ4n) is 4.70. The summed E-state index contributed by atoms with van der Waals surface area (Å²) in [4.78, 5) is 32.4. The van der Waals surface area contributed by atoms with E-state index >= 15 is 0 Å². The fourth-order valence-corrected chi connectivity index (χ4v) is 4.70. The average Bonchev–Trinajstić information content (AvgIpc) is 3.21. The quantitative estimate of drug-likeness (QED) is 0.434. The molecule has 14 heteroatoms. The van der Waals surface area contributed by atoms with E-state index in [1.807, 2.05) is 0 Å². The third-order valence-corrected chi connectivity index (χ3v) is 6.61. The van der Waals surface area contributed by atoms with Gasteiger partial charge in [0.15, 0.2) is 23.1 Å². The molecule has 2 atom stereocenters. The number of nitrogens with two attached hydrogens (primary N) is 2. The number of aromatic nitrogens is 2. The van der Waals surface area contributed by atoms with E-state index in [1.165, 1.54) is 9.80 Å². The first-order chi connectivity index (χ1) is 17.3. The van der Waals surface area contributed by atoms with Gasteiger partial charge in [0.1, 0.15) is 5.82 Å². The molecule has 1 amide bonds.